The summed E-state index contributed by atoms with van der Waals surface area (Å²) in [6.07, 6.45) is 1.49. The SMILES string of the molecule is COc1cc(/C=C(/C#N)C(=O)Nc2cccc(Cl)c2C)cc(Br)c1OCc1cccc(C)c1. The topological polar surface area (TPSA) is 71.3 Å². The summed E-state index contributed by atoms with van der Waals surface area (Å²) in [5.74, 6) is 0.484. The van der Waals surface area contributed by atoms with Crippen LogP contribution >= 0.6 is 27.5 Å². The number of nitrogens with one attached hydrogen (secondary N) is 1. The number of amides is 1. The molecule has 1 N–H and O–H groups in total. The maximum absolute atomic E-state index is 12.7. The van der Waals surface area contributed by atoms with E-state index >= 15 is 0 Å². The monoisotopic (exact) mass is 524 g/mol. The fourth-order valence-electron chi connectivity index (χ4n) is 3.17. The lowest BCUT2D eigenvalue weighted by Crippen LogP contribution is -2.14. The van der Waals surface area contributed by atoms with E-state index in [0.29, 0.717) is 38.9 Å². The van der Waals surface area contributed by atoms with Gasteiger partial charge in [0.1, 0.15) is 18.2 Å². The lowest BCUT2D eigenvalue weighted by molar-refractivity contribution is -0.112. The Morgan fingerprint density at radius 3 is 2.64 bits per heavy atom. The predicted octanol–water partition coefficient (Wildman–Crippen LogP) is 6.85. The van der Waals surface area contributed by atoms with Gasteiger partial charge in [-0.25, -0.2) is 0 Å². The van der Waals surface area contributed by atoms with E-state index in [1.807, 2.05) is 31.2 Å². The van der Waals surface area contributed by atoms with Crippen molar-refractivity contribution >= 4 is 45.2 Å². The van der Waals surface area contributed by atoms with Crippen LogP contribution in [0.3, 0.4) is 0 Å². The number of aryl methyl sites for hydroxylation is 1. The summed E-state index contributed by atoms with van der Waals surface area (Å²) in [6, 6.07) is 18.7. The Morgan fingerprint density at radius 1 is 1.18 bits per heavy atom. The van der Waals surface area contributed by atoms with Crippen LogP contribution < -0.4 is 14.8 Å². The number of rotatable bonds is 7. The van der Waals surface area contributed by atoms with Crippen LogP contribution in [0.2, 0.25) is 5.02 Å². The molecule has 3 aromatic carbocycles. The quantitative estimate of drug-likeness (QED) is 0.270. The fraction of sp³-hybridized carbons (Fsp3) is 0.154. The number of nitrogens with zero attached hydrogens (tertiary/aromatic N) is 1. The van der Waals surface area contributed by atoms with E-state index in [0.717, 1.165) is 16.7 Å². The molecule has 0 saturated heterocycles. The third kappa shape index (κ3) is 6.16. The Hall–Kier alpha value is -3.27. The highest BCUT2D eigenvalue weighted by Gasteiger charge is 2.15. The van der Waals surface area contributed by atoms with Crippen molar-refractivity contribution < 1.29 is 14.3 Å². The van der Waals surface area contributed by atoms with E-state index < -0.39 is 5.91 Å². The van der Waals surface area contributed by atoms with Crippen LogP contribution in [0.1, 0.15) is 22.3 Å². The molecule has 7 heteroatoms. The minimum absolute atomic E-state index is 0.0586. The number of benzene rings is 3. The Balaban J connectivity index is 1.84. The lowest BCUT2D eigenvalue weighted by atomic mass is 10.1. The molecule has 0 bridgehead atoms. The first-order valence-corrected chi connectivity index (χ1v) is 11.2. The highest BCUT2D eigenvalue weighted by Crippen LogP contribution is 2.38. The number of carbonyl (C=O) groups is 1. The largest absolute Gasteiger partial charge is 0.493 e. The molecule has 0 aliphatic carbocycles. The van der Waals surface area contributed by atoms with Gasteiger partial charge >= 0.3 is 0 Å². The van der Waals surface area contributed by atoms with Crippen LogP contribution in [0.5, 0.6) is 11.5 Å². The number of anilines is 1. The number of carbonyl (C=O) groups excluding carboxylic acids is 1. The molecule has 0 radical (unpaired) electrons. The number of hydrogen-bond donors (Lipinski definition) is 1. The molecule has 33 heavy (non-hydrogen) atoms. The average Bonchev–Trinajstić information content (AvgIpc) is 2.79. The van der Waals surface area contributed by atoms with Gasteiger partial charge in [-0.05, 0) is 76.8 Å². The zero-order chi connectivity index (χ0) is 24.0. The highest BCUT2D eigenvalue weighted by molar-refractivity contribution is 9.10. The predicted molar refractivity (Wildman–Crippen MR) is 135 cm³/mol. The molecule has 0 heterocycles. The van der Waals surface area contributed by atoms with Crippen LogP contribution in [0.15, 0.2) is 64.6 Å². The summed E-state index contributed by atoms with van der Waals surface area (Å²) in [4.78, 5) is 12.7. The van der Waals surface area contributed by atoms with Gasteiger partial charge in [-0.3, -0.25) is 4.79 Å². The first-order valence-electron chi connectivity index (χ1n) is 10.1. The number of nitriles is 1. The Kier molecular flexibility index (Phi) is 8.16. The number of hydrogen-bond acceptors (Lipinski definition) is 4. The van der Waals surface area contributed by atoms with Crippen molar-refractivity contribution in [3.8, 4) is 17.6 Å². The van der Waals surface area contributed by atoms with Crippen molar-refractivity contribution in [1.82, 2.24) is 0 Å². The Morgan fingerprint density at radius 2 is 1.94 bits per heavy atom. The standard InChI is InChI=1S/C26H22BrClN2O3/c1-16-6-4-7-18(10-16)15-33-25-21(27)12-19(13-24(25)32-3)11-20(14-29)26(31)30-23-9-5-8-22(28)17(23)2/h4-13H,15H2,1-3H3,(H,30,31)/b20-11-. The normalized spacial score (nSPS) is 11.0. The summed E-state index contributed by atoms with van der Waals surface area (Å²) in [6.45, 7) is 4.19. The van der Waals surface area contributed by atoms with Crippen molar-refractivity contribution in [3.63, 3.8) is 0 Å². The van der Waals surface area contributed by atoms with Gasteiger partial charge in [-0.2, -0.15) is 5.26 Å². The Bertz CT molecular complexity index is 1260. The molecule has 3 aromatic rings. The van der Waals surface area contributed by atoms with E-state index in [1.165, 1.54) is 13.2 Å². The summed E-state index contributed by atoms with van der Waals surface area (Å²) in [7, 11) is 1.54. The molecular weight excluding hydrogens is 504 g/mol. The number of halogens is 2. The maximum Gasteiger partial charge on any atom is 0.266 e. The molecular formula is C26H22BrClN2O3. The van der Waals surface area contributed by atoms with Gasteiger partial charge in [-0.15, -0.1) is 0 Å². The van der Waals surface area contributed by atoms with E-state index in [2.05, 4.69) is 27.3 Å². The van der Waals surface area contributed by atoms with Crippen LogP contribution in [0.4, 0.5) is 5.69 Å². The van der Waals surface area contributed by atoms with Crippen LogP contribution in [-0.2, 0) is 11.4 Å². The molecule has 0 atom stereocenters. The number of methoxy groups -OCH3 is 1. The van der Waals surface area contributed by atoms with Crippen molar-refractivity contribution in [2.24, 2.45) is 0 Å². The molecule has 168 valence electrons. The third-order valence-electron chi connectivity index (χ3n) is 4.91. The summed E-state index contributed by atoms with van der Waals surface area (Å²) >= 11 is 9.63. The molecule has 0 fully saturated rings. The van der Waals surface area contributed by atoms with Gasteiger partial charge in [0, 0.05) is 10.7 Å². The molecule has 1 amide bonds. The third-order valence-corrected chi connectivity index (χ3v) is 5.91. The van der Waals surface area contributed by atoms with Crippen molar-refractivity contribution in [3.05, 3.63) is 91.9 Å². The van der Waals surface area contributed by atoms with Gasteiger partial charge in [0.25, 0.3) is 5.91 Å². The second kappa shape index (κ2) is 11.0. The lowest BCUT2D eigenvalue weighted by Gasteiger charge is -2.14. The Labute approximate surface area is 206 Å². The maximum atomic E-state index is 12.7. The van der Waals surface area contributed by atoms with E-state index in [-0.39, 0.29) is 5.57 Å². The smallest absolute Gasteiger partial charge is 0.266 e. The van der Waals surface area contributed by atoms with Crippen molar-refractivity contribution in [1.29, 1.82) is 5.26 Å². The minimum atomic E-state index is -0.530. The molecule has 0 saturated carbocycles. The molecule has 0 spiro atoms. The fourth-order valence-corrected chi connectivity index (χ4v) is 3.92. The van der Waals surface area contributed by atoms with Gasteiger partial charge in [0.2, 0.25) is 0 Å². The second-order valence-corrected chi connectivity index (χ2v) is 8.61. The van der Waals surface area contributed by atoms with E-state index in [9.17, 15) is 10.1 Å². The zero-order valence-corrected chi connectivity index (χ0v) is 20.8. The van der Waals surface area contributed by atoms with Crippen molar-refractivity contribution in [2.45, 2.75) is 20.5 Å². The van der Waals surface area contributed by atoms with Crippen LogP contribution in [0, 0.1) is 25.2 Å². The van der Waals surface area contributed by atoms with Crippen LogP contribution in [0.25, 0.3) is 6.08 Å². The minimum Gasteiger partial charge on any atom is -0.493 e. The molecule has 0 aliphatic rings. The summed E-state index contributed by atoms with van der Waals surface area (Å²) in [5.41, 5.74) is 4.01. The zero-order valence-electron chi connectivity index (χ0n) is 18.4. The molecule has 3 rings (SSSR count). The van der Waals surface area contributed by atoms with Gasteiger partial charge in [-0.1, -0.05) is 47.5 Å². The van der Waals surface area contributed by atoms with Gasteiger partial charge in [0.15, 0.2) is 11.5 Å². The molecule has 0 aliphatic heterocycles. The summed E-state index contributed by atoms with van der Waals surface area (Å²) in [5, 5.41) is 12.8. The average molecular weight is 526 g/mol. The van der Waals surface area contributed by atoms with E-state index in [4.69, 9.17) is 21.1 Å². The summed E-state index contributed by atoms with van der Waals surface area (Å²) < 4.78 is 12.1. The molecule has 5 nitrogen and oxygen atoms in total. The number of ether oxygens (including phenoxy) is 2. The molecule has 0 unspecified atom stereocenters. The first kappa shape index (κ1) is 24.4. The highest BCUT2D eigenvalue weighted by atomic mass is 79.9. The van der Waals surface area contributed by atoms with Gasteiger partial charge in [0.05, 0.1) is 11.6 Å². The van der Waals surface area contributed by atoms with Crippen molar-refractivity contribution in [2.75, 3.05) is 12.4 Å². The van der Waals surface area contributed by atoms with E-state index in [1.54, 1.807) is 37.3 Å². The van der Waals surface area contributed by atoms with Gasteiger partial charge < -0.3 is 14.8 Å². The second-order valence-electron chi connectivity index (χ2n) is 7.35. The molecule has 0 aromatic heterocycles. The first-order chi connectivity index (χ1) is 15.8. The van der Waals surface area contributed by atoms with Crippen LogP contribution in [-0.4, -0.2) is 13.0 Å².